The van der Waals surface area contributed by atoms with Gasteiger partial charge in [0.25, 0.3) is 0 Å². The molecule has 0 spiro atoms. The largest absolute Gasteiger partial charge is 0.324 e. The lowest BCUT2D eigenvalue weighted by atomic mass is 9.88. The molecule has 0 saturated carbocycles. The van der Waals surface area contributed by atoms with Crippen molar-refractivity contribution in [2.75, 3.05) is 0 Å². The average Bonchev–Trinajstić information content (AvgIpc) is 2.27. The minimum absolute atomic E-state index is 0.120. The molecule has 1 aromatic rings. The van der Waals surface area contributed by atoms with E-state index >= 15 is 0 Å². The molecule has 82 valence electrons. The van der Waals surface area contributed by atoms with Gasteiger partial charge in [0.2, 0.25) is 0 Å². The van der Waals surface area contributed by atoms with Gasteiger partial charge in [0.15, 0.2) is 0 Å². The van der Waals surface area contributed by atoms with Crippen molar-refractivity contribution in [2.45, 2.75) is 45.1 Å². The Bertz CT molecular complexity index is 360. The zero-order valence-corrected chi connectivity index (χ0v) is 9.22. The van der Waals surface area contributed by atoms with Crippen molar-refractivity contribution < 1.29 is 4.39 Å². The van der Waals surface area contributed by atoms with Crippen molar-refractivity contribution in [1.29, 1.82) is 0 Å². The second kappa shape index (κ2) is 4.31. The predicted molar refractivity (Wildman–Crippen MR) is 60.3 cm³/mol. The molecule has 1 aliphatic carbocycles. The molecule has 2 heteroatoms. The van der Waals surface area contributed by atoms with Crippen LogP contribution in [0.4, 0.5) is 4.39 Å². The Morgan fingerprint density at radius 2 is 1.87 bits per heavy atom. The van der Waals surface area contributed by atoms with E-state index in [0.717, 1.165) is 19.3 Å². The number of aryl methyl sites for hydroxylation is 2. The smallest absolute Gasteiger partial charge is 0.128 e. The summed E-state index contributed by atoms with van der Waals surface area (Å²) >= 11 is 0. The van der Waals surface area contributed by atoms with Crippen molar-refractivity contribution >= 4 is 0 Å². The van der Waals surface area contributed by atoms with Gasteiger partial charge in [0.05, 0.1) is 0 Å². The van der Waals surface area contributed by atoms with Crippen molar-refractivity contribution in [3.05, 3.63) is 34.6 Å². The Labute approximate surface area is 90.5 Å². The molecule has 2 N–H and O–H groups in total. The molecule has 15 heavy (non-hydrogen) atoms. The van der Waals surface area contributed by atoms with Crippen LogP contribution < -0.4 is 5.73 Å². The lowest BCUT2D eigenvalue weighted by molar-refractivity contribution is 0.566. The van der Waals surface area contributed by atoms with E-state index in [1.807, 2.05) is 13.0 Å². The standard InChI is InChI=1S/C13H18FN/c1-2-13(15)11-7-9-5-3-4-6-10(9)8-12(11)14/h7-8,13H,2-6,15H2,1H3. The van der Waals surface area contributed by atoms with Crippen molar-refractivity contribution in [3.63, 3.8) is 0 Å². The first-order chi connectivity index (χ1) is 7.22. The minimum atomic E-state index is -0.155. The van der Waals surface area contributed by atoms with Crippen LogP contribution in [0, 0.1) is 5.82 Å². The maximum absolute atomic E-state index is 13.7. The Hall–Kier alpha value is -0.890. The van der Waals surface area contributed by atoms with Crippen LogP contribution >= 0.6 is 0 Å². The summed E-state index contributed by atoms with van der Waals surface area (Å²) in [4.78, 5) is 0. The number of nitrogens with two attached hydrogens (primary N) is 1. The fourth-order valence-electron chi connectivity index (χ4n) is 2.28. The molecule has 1 unspecified atom stereocenters. The minimum Gasteiger partial charge on any atom is -0.324 e. The number of hydrogen-bond donors (Lipinski definition) is 1. The molecule has 0 bridgehead atoms. The topological polar surface area (TPSA) is 26.0 Å². The molecule has 0 amide bonds. The SMILES string of the molecule is CCC(N)c1cc2c(cc1F)CCCC2. The Balaban J connectivity index is 2.40. The molecular weight excluding hydrogens is 189 g/mol. The van der Waals surface area contributed by atoms with Gasteiger partial charge in [-0.3, -0.25) is 0 Å². The van der Waals surface area contributed by atoms with E-state index in [0.29, 0.717) is 5.56 Å². The normalized spacial score (nSPS) is 17.3. The van der Waals surface area contributed by atoms with Crippen LogP contribution in [0.25, 0.3) is 0 Å². The second-order valence-electron chi connectivity index (χ2n) is 4.36. The van der Waals surface area contributed by atoms with Gasteiger partial charge in [-0.25, -0.2) is 4.39 Å². The first-order valence-corrected chi connectivity index (χ1v) is 5.79. The summed E-state index contributed by atoms with van der Waals surface area (Å²) in [5.74, 6) is -0.120. The van der Waals surface area contributed by atoms with Crippen LogP contribution in [0.15, 0.2) is 12.1 Å². The molecule has 0 aromatic heterocycles. The van der Waals surface area contributed by atoms with E-state index in [-0.39, 0.29) is 11.9 Å². The second-order valence-corrected chi connectivity index (χ2v) is 4.36. The first-order valence-electron chi connectivity index (χ1n) is 5.79. The van der Waals surface area contributed by atoms with E-state index in [1.165, 1.54) is 24.0 Å². The third kappa shape index (κ3) is 2.05. The summed E-state index contributed by atoms with van der Waals surface area (Å²) < 4.78 is 13.7. The van der Waals surface area contributed by atoms with E-state index in [1.54, 1.807) is 6.07 Å². The predicted octanol–water partition coefficient (Wildman–Crippen LogP) is 3.11. The summed E-state index contributed by atoms with van der Waals surface area (Å²) in [6, 6.07) is 3.52. The monoisotopic (exact) mass is 207 g/mol. The molecule has 0 aliphatic heterocycles. The summed E-state index contributed by atoms with van der Waals surface area (Å²) in [7, 11) is 0. The fraction of sp³-hybridized carbons (Fsp3) is 0.538. The first kappa shape index (κ1) is 10.6. The van der Waals surface area contributed by atoms with Crippen LogP contribution in [-0.2, 0) is 12.8 Å². The molecular formula is C13H18FN. The highest BCUT2D eigenvalue weighted by Gasteiger charge is 2.16. The number of hydrogen-bond acceptors (Lipinski definition) is 1. The van der Waals surface area contributed by atoms with E-state index in [9.17, 15) is 4.39 Å². The molecule has 1 atom stereocenters. The van der Waals surface area contributed by atoms with Crippen LogP contribution in [0.5, 0.6) is 0 Å². The van der Waals surface area contributed by atoms with E-state index < -0.39 is 0 Å². The molecule has 0 heterocycles. The lowest BCUT2D eigenvalue weighted by Gasteiger charge is -2.19. The maximum atomic E-state index is 13.7. The van der Waals surface area contributed by atoms with Gasteiger partial charge in [0, 0.05) is 11.6 Å². The summed E-state index contributed by atoms with van der Waals surface area (Å²) in [6.45, 7) is 1.99. The molecule has 1 aromatic carbocycles. The number of benzene rings is 1. The Morgan fingerprint density at radius 3 is 2.47 bits per heavy atom. The fourth-order valence-corrected chi connectivity index (χ4v) is 2.28. The Morgan fingerprint density at radius 1 is 1.27 bits per heavy atom. The lowest BCUT2D eigenvalue weighted by Crippen LogP contribution is -2.13. The van der Waals surface area contributed by atoms with Gasteiger partial charge in [-0.2, -0.15) is 0 Å². The van der Waals surface area contributed by atoms with Crippen LogP contribution in [-0.4, -0.2) is 0 Å². The van der Waals surface area contributed by atoms with E-state index in [2.05, 4.69) is 0 Å². The highest BCUT2D eigenvalue weighted by molar-refractivity contribution is 5.36. The van der Waals surface area contributed by atoms with Crippen LogP contribution in [0.3, 0.4) is 0 Å². The Kier molecular flexibility index (Phi) is 3.06. The van der Waals surface area contributed by atoms with Crippen LogP contribution in [0.2, 0.25) is 0 Å². The van der Waals surface area contributed by atoms with Crippen molar-refractivity contribution in [2.24, 2.45) is 5.73 Å². The van der Waals surface area contributed by atoms with E-state index in [4.69, 9.17) is 5.73 Å². The summed E-state index contributed by atoms with van der Waals surface area (Å²) in [5.41, 5.74) is 9.07. The molecule has 0 fully saturated rings. The third-order valence-corrected chi connectivity index (χ3v) is 3.30. The van der Waals surface area contributed by atoms with Gasteiger partial charge < -0.3 is 5.73 Å². The van der Waals surface area contributed by atoms with Gasteiger partial charge in [-0.05, 0) is 49.3 Å². The van der Waals surface area contributed by atoms with Gasteiger partial charge >= 0.3 is 0 Å². The summed E-state index contributed by atoms with van der Waals surface area (Å²) in [6.07, 6.45) is 5.30. The maximum Gasteiger partial charge on any atom is 0.128 e. The zero-order chi connectivity index (χ0) is 10.8. The average molecular weight is 207 g/mol. The van der Waals surface area contributed by atoms with Gasteiger partial charge in [-0.1, -0.05) is 13.0 Å². The summed E-state index contributed by atoms with van der Waals surface area (Å²) in [5, 5.41) is 0. The van der Waals surface area contributed by atoms with Gasteiger partial charge in [0.1, 0.15) is 5.82 Å². The molecule has 1 aliphatic rings. The number of halogens is 1. The van der Waals surface area contributed by atoms with Gasteiger partial charge in [-0.15, -0.1) is 0 Å². The van der Waals surface area contributed by atoms with Crippen LogP contribution in [0.1, 0.15) is 48.9 Å². The highest BCUT2D eigenvalue weighted by atomic mass is 19.1. The van der Waals surface area contributed by atoms with Crippen molar-refractivity contribution in [1.82, 2.24) is 0 Å². The molecule has 0 radical (unpaired) electrons. The highest BCUT2D eigenvalue weighted by Crippen LogP contribution is 2.27. The molecule has 0 saturated heterocycles. The quantitative estimate of drug-likeness (QED) is 0.792. The van der Waals surface area contributed by atoms with Crippen molar-refractivity contribution in [3.8, 4) is 0 Å². The zero-order valence-electron chi connectivity index (χ0n) is 9.22. The molecule has 1 nitrogen and oxygen atoms in total. The molecule has 2 rings (SSSR count). The number of rotatable bonds is 2. The number of fused-ring (bicyclic) bond motifs is 1. The third-order valence-electron chi connectivity index (χ3n) is 3.30.